The molecule has 0 N–H and O–H groups in total. The summed E-state index contributed by atoms with van der Waals surface area (Å²) in [5.74, 6) is 10.8. The van der Waals surface area contributed by atoms with Crippen LogP contribution in [-0.4, -0.2) is 9.86 Å². The third-order valence-electron chi connectivity index (χ3n) is 9.85. The van der Waals surface area contributed by atoms with Crippen molar-refractivity contribution in [3.8, 4) is 0 Å². The molecule has 0 aromatic heterocycles. The Kier molecular flexibility index (Phi) is 1.40. The number of carbonyl (C=O) groups is 1. The summed E-state index contributed by atoms with van der Waals surface area (Å²) in [6.07, 6.45) is 0. The fourth-order valence-electron chi connectivity index (χ4n) is 10.4. The predicted octanol–water partition coefficient (Wildman–Crippen LogP) is 3.64. The van der Waals surface area contributed by atoms with Crippen LogP contribution in [0.4, 0.5) is 0 Å². The molecule has 9 aliphatic rings. The van der Waals surface area contributed by atoms with Gasteiger partial charge >= 0.3 is 0 Å². The van der Waals surface area contributed by atoms with Gasteiger partial charge in [0, 0.05) is 21.6 Å². The normalized spacial score (nSPS) is 67.2. The number of carbonyl (C=O) groups excluding carboxylic acids is 1. The highest BCUT2D eigenvalue weighted by Crippen LogP contribution is 2.97. The van der Waals surface area contributed by atoms with Crippen LogP contribution >= 0.6 is 23.5 Å². The quantitative estimate of drug-likeness (QED) is 0.720. The van der Waals surface area contributed by atoms with Gasteiger partial charge in [0.05, 0.1) is 4.08 Å². The summed E-state index contributed by atoms with van der Waals surface area (Å²) >= 11 is 4.52. The van der Waals surface area contributed by atoms with Crippen LogP contribution in [0, 0.1) is 71.0 Å². The van der Waals surface area contributed by atoms with E-state index >= 15 is 0 Å². The second-order valence-corrected chi connectivity index (χ2v) is 12.4. The van der Waals surface area contributed by atoms with Crippen LogP contribution < -0.4 is 0 Å². The summed E-state index contributed by atoms with van der Waals surface area (Å²) in [6, 6.07) is 9.14. The van der Waals surface area contributed by atoms with Gasteiger partial charge in [0.1, 0.15) is 5.78 Å². The van der Waals surface area contributed by atoms with E-state index in [1.54, 1.807) is 9.79 Å². The van der Waals surface area contributed by atoms with Crippen LogP contribution in [0.15, 0.2) is 34.1 Å². The van der Waals surface area contributed by atoms with Crippen molar-refractivity contribution in [3.05, 3.63) is 24.3 Å². The summed E-state index contributed by atoms with van der Waals surface area (Å²) in [5, 5.41) is 0. The highest BCUT2D eigenvalue weighted by atomic mass is 32.2. The van der Waals surface area contributed by atoms with Crippen molar-refractivity contribution >= 4 is 29.3 Å². The Morgan fingerprint density at radius 3 is 1.57 bits per heavy atom. The van der Waals surface area contributed by atoms with Gasteiger partial charge in [-0.25, -0.2) is 0 Å². The molecule has 23 heavy (non-hydrogen) atoms. The Balaban J connectivity index is 1.33. The molecule has 114 valence electrons. The number of thioether (sulfide) groups is 2. The Bertz CT molecular complexity index is 777. The topological polar surface area (TPSA) is 17.1 Å². The first-order chi connectivity index (χ1) is 11.3. The number of hydrogen-bond donors (Lipinski definition) is 0. The minimum absolute atomic E-state index is 0.477. The maximum Gasteiger partial charge on any atom is 0.140 e. The van der Waals surface area contributed by atoms with Gasteiger partial charge in [0.15, 0.2) is 0 Å². The maximum absolute atomic E-state index is 12.8. The molecule has 1 heterocycles. The van der Waals surface area contributed by atoms with Gasteiger partial charge in [-0.3, -0.25) is 4.79 Å². The van der Waals surface area contributed by atoms with Crippen LogP contribution in [0.2, 0.25) is 0 Å². The van der Waals surface area contributed by atoms with Gasteiger partial charge < -0.3 is 0 Å². The van der Waals surface area contributed by atoms with E-state index in [9.17, 15) is 4.79 Å². The van der Waals surface area contributed by atoms with Crippen LogP contribution in [0.3, 0.4) is 0 Å². The molecule has 8 unspecified atom stereocenters. The molecule has 1 aromatic carbocycles. The summed E-state index contributed by atoms with van der Waals surface area (Å²) in [6.45, 7) is 0. The minimum atomic E-state index is 0.477. The molecule has 1 nitrogen and oxygen atoms in total. The van der Waals surface area contributed by atoms with Crippen molar-refractivity contribution in [2.75, 3.05) is 0 Å². The number of fused-ring (bicyclic) bond motifs is 1. The number of benzene rings is 1. The van der Waals surface area contributed by atoms with E-state index in [2.05, 4.69) is 47.8 Å². The average Bonchev–Trinajstić information content (AvgIpc) is 3.30. The Hall–Kier alpha value is -0.410. The molecule has 0 saturated heterocycles. The summed E-state index contributed by atoms with van der Waals surface area (Å²) in [4.78, 5) is 15.9. The molecule has 8 aliphatic carbocycles. The van der Waals surface area contributed by atoms with Gasteiger partial charge in [-0.05, 0) is 71.3 Å². The van der Waals surface area contributed by atoms with Crippen LogP contribution in [0.5, 0.6) is 0 Å². The SMILES string of the molecule is O=C1C2C3C4C1C1C2C2C3C3C4C1C2C31Sc2ccccc2S1. The first-order valence-corrected chi connectivity index (χ1v) is 11.0. The highest BCUT2D eigenvalue weighted by molar-refractivity contribution is 8.20. The van der Waals surface area contributed by atoms with Crippen molar-refractivity contribution < 1.29 is 4.79 Å². The zero-order valence-corrected chi connectivity index (χ0v) is 14.1. The fraction of sp³-hybridized carbons (Fsp3) is 0.650. The van der Waals surface area contributed by atoms with Crippen molar-refractivity contribution in [3.63, 3.8) is 0 Å². The Labute approximate surface area is 143 Å². The highest BCUT2D eigenvalue weighted by Gasteiger charge is 2.95. The summed E-state index contributed by atoms with van der Waals surface area (Å²) in [5.41, 5.74) is 0. The van der Waals surface area contributed by atoms with Crippen molar-refractivity contribution in [1.29, 1.82) is 0 Å². The second-order valence-electron chi connectivity index (χ2n) is 9.50. The molecule has 1 aromatic rings. The molecular formula is C20H16OS2. The Morgan fingerprint density at radius 1 is 0.696 bits per heavy atom. The lowest BCUT2D eigenvalue weighted by atomic mass is 9.80. The average molecular weight is 336 g/mol. The second kappa shape index (κ2) is 2.86. The van der Waals surface area contributed by atoms with E-state index < -0.39 is 0 Å². The summed E-state index contributed by atoms with van der Waals surface area (Å²) in [7, 11) is 0. The number of rotatable bonds is 0. The van der Waals surface area contributed by atoms with Crippen LogP contribution in [0.25, 0.3) is 0 Å². The molecule has 1 aliphatic heterocycles. The van der Waals surface area contributed by atoms with E-state index in [-0.39, 0.29) is 0 Å². The minimum Gasteiger partial charge on any atom is -0.299 e. The number of ketones is 1. The van der Waals surface area contributed by atoms with Gasteiger partial charge in [-0.1, -0.05) is 12.1 Å². The van der Waals surface area contributed by atoms with Gasteiger partial charge in [-0.2, -0.15) is 0 Å². The molecular weight excluding hydrogens is 320 g/mol. The monoisotopic (exact) mass is 336 g/mol. The van der Waals surface area contributed by atoms with Crippen molar-refractivity contribution in [2.24, 2.45) is 71.0 Å². The zero-order chi connectivity index (χ0) is 14.4. The maximum atomic E-state index is 12.8. The molecule has 0 amide bonds. The van der Waals surface area contributed by atoms with E-state index in [0.29, 0.717) is 15.9 Å². The van der Waals surface area contributed by atoms with Gasteiger partial charge in [0.2, 0.25) is 0 Å². The van der Waals surface area contributed by atoms with Crippen molar-refractivity contribution in [1.82, 2.24) is 0 Å². The molecule has 3 heteroatoms. The first-order valence-electron chi connectivity index (χ1n) is 9.34. The first kappa shape index (κ1) is 11.3. The molecule has 10 rings (SSSR count). The number of hydrogen-bond acceptors (Lipinski definition) is 3. The molecule has 8 fully saturated rings. The smallest absolute Gasteiger partial charge is 0.140 e. The third kappa shape index (κ3) is 0.757. The largest absolute Gasteiger partial charge is 0.299 e. The molecule has 0 radical (unpaired) electrons. The predicted molar refractivity (Wildman–Crippen MR) is 87.8 cm³/mol. The summed E-state index contributed by atoms with van der Waals surface area (Å²) < 4.78 is 0.477. The molecule has 4 bridgehead atoms. The lowest BCUT2D eigenvalue weighted by molar-refractivity contribution is -0.122. The van der Waals surface area contributed by atoms with E-state index in [1.807, 2.05) is 0 Å². The lowest BCUT2D eigenvalue weighted by Gasteiger charge is -2.30. The van der Waals surface area contributed by atoms with Gasteiger partial charge in [-0.15, -0.1) is 23.5 Å². The third-order valence-corrected chi connectivity index (χ3v) is 13.4. The standard InChI is InChI=1S/C20H16OS2/c21-19-15-7-8-12-14-10(16(8)19)9(15)13-11(7)17(12)20(18(13)14)22-5-3-1-2-4-6(5)23-20/h1-4,7-18H. The van der Waals surface area contributed by atoms with Gasteiger partial charge in [0.25, 0.3) is 0 Å². The zero-order valence-electron chi connectivity index (χ0n) is 12.5. The lowest BCUT2D eigenvalue weighted by Crippen LogP contribution is -2.28. The van der Waals surface area contributed by atoms with E-state index in [4.69, 9.17) is 0 Å². The molecule has 8 saturated carbocycles. The van der Waals surface area contributed by atoms with E-state index in [1.165, 1.54) is 0 Å². The van der Waals surface area contributed by atoms with Crippen LogP contribution in [0.1, 0.15) is 0 Å². The van der Waals surface area contributed by atoms with Crippen LogP contribution in [-0.2, 0) is 4.79 Å². The molecule has 8 atom stereocenters. The van der Waals surface area contributed by atoms with E-state index in [0.717, 1.165) is 65.0 Å². The number of Topliss-reactive ketones (excluding diaryl/α,β-unsaturated/α-hetero) is 1. The fourth-order valence-corrected chi connectivity index (χ4v) is 14.5. The molecule has 1 spiro atoms. The van der Waals surface area contributed by atoms with Crippen molar-refractivity contribution in [2.45, 2.75) is 13.9 Å². The Morgan fingerprint density at radius 2 is 1.13 bits per heavy atom.